The van der Waals surface area contributed by atoms with Gasteiger partial charge in [-0.1, -0.05) is 229 Å². The van der Waals surface area contributed by atoms with Crippen LogP contribution in [0.5, 0.6) is 0 Å². The van der Waals surface area contributed by atoms with Crippen LogP contribution in [0, 0.1) is 27.7 Å². The van der Waals surface area contributed by atoms with Gasteiger partial charge in [0.15, 0.2) is 11.2 Å². The molecule has 0 aliphatic heterocycles. The van der Waals surface area contributed by atoms with Crippen LogP contribution in [0.25, 0.3) is 65.8 Å². The number of rotatable bonds is 8. The van der Waals surface area contributed by atoms with E-state index in [1.807, 2.05) is 0 Å². The van der Waals surface area contributed by atoms with Gasteiger partial charge in [-0.25, -0.2) is 0 Å². The second-order valence-corrected chi connectivity index (χ2v) is 24.7. The van der Waals surface area contributed by atoms with Gasteiger partial charge in [0.2, 0.25) is 0 Å². The highest BCUT2D eigenvalue weighted by atomic mass is 16.3. The van der Waals surface area contributed by atoms with E-state index in [1.165, 1.54) is 72.1 Å². The monoisotopic (exact) mass is 1050 g/mol. The van der Waals surface area contributed by atoms with Gasteiger partial charge >= 0.3 is 0 Å². The van der Waals surface area contributed by atoms with Crippen LogP contribution in [0.3, 0.4) is 0 Å². The number of benzene rings is 11. The predicted molar refractivity (Wildman–Crippen MR) is 342 cm³/mol. The minimum absolute atomic E-state index is 0.120. The number of hydrogen-bond donors (Lipinski definition) is 0. The molecule has 0 fully saturated rings. The quantitative estimate of drug-likeness (QED) is 0.152. The Morgan fingerprint density at radius 2 is 0.778 bits per heavy atom. The van der Waals surface area contributed by atoms with Crippen molar-refractivity contribution in [2.75, 3.05) is 9.80 Å². The van der Waals surface area contributed by atoms with Crippen LogP contribution in [-0.4, -0.2) is 0 Å². The van der Waals surface area contributed by atoms with Gasteiger partial charge in [0.25, 0.3) is 0 Å². The van der Waals surface area contributed by atoms with Crippen LogP contribution in [0.4, 0.5) is 34.1 Å². The van der Waals surface area contributed by atoms with E-state index in [0.29, 0.717) is 0 Å². The standard InChI is InChI=1S/C77H66N2O2/c1-47-37-41-65(49(3)43-47)78(67-35-21-31-58-56-29-19-33-61(75(5,6)7)71(56)80-73(58)67)53-39-40-60-63(45-53)77(51-23-13-11-14-24-51,52-25-15-12-16-26-52)64-46-69(54-27-17-18-28-55(54)70(60)64)79(66-42-38-48(2)44-50(66)4)68-36-22-32-59-57-30-20-34-62(76(8,9)10)72(57)81-74(59)68/h11-46H,1-10H3. The Bertz CT molecular complexity index is 4620. The third-order valence-electron chi connectivity index (χ3n) is 17.3. The maximum absolute atomic E-state index is 7.30. The summed E-state index contributed by atoms with van der Waals surface area (Å²) in [5.74, 6) is 0. The Morgan fingerprint density at radius 1 is 0.333 bits per heavy atom. The Morgan fingerprint density at radius 3 is 1.28 bits per heavy atom. The van der Waals surface area contributed by atoms with E-state index in [-0.39, 0.29) is 10.8 Å². The molecule has 0 spiro atoms. The van der Waals surface area contributed by atoms with Crippen molar-refractivity contribution in [3.63, 3.8) is 0 Å². The number of nitrogens with zero attached hydrogens (tertiary/aromatic N) is 2. The fraction of sp³-hybridized carbons (Fsp3) is 0.169. The van der Waals surface area contributed by atoms with E-state index in [0.717, 1.165) is 83.4 Å². The summed E-state index contributed by atoms with van der Waals surface area (Å²) in [6, 6.07) is 81.5. The van der Waals surface area contributed by atoms with Crippen LogP contribution < -0.4 is 9.80 Å². The molecule has 4 nitrogen and oxygen atoms in total. The summed E-state index contributed by atoms with van der Waals surface area (Å²) in [6.45, 7) is 22.4. The second kappa shape index (κ2) is 18.5. The number of fused-ring (bicyclic) bond motifs is 11. The van der Waals surface area contributed by atoms with Crippen LogP contribution in [0.2, 0.25) is 0 Å². The van der Waals surface area contributed by atoms with Crippen molar-refractivity contribution in [1.82, 2.24) is 0 Å². The molecule has 1 aliphatic carbocycles. The zero-order valence-corrected chi connectivity index (χ0v) is 48.0. The number of para-hydroxylation sites is 4. The Balaban J connectivity index is 1.09. The van der Waals surface area contributed by atoms with Gasteiger partial charge < -0.3 is 18.6 Å². The Hall–Kier alpha value is -9.12. The molecule has 1 aliphatic rings. The first-order chi connectivity index (χ1) is 39.1. The molecule has 0 N–H and O–H groups in total. The normalized spacial score (nSPS) is 13.2. The molecule has 2 heterocycles. The van der Waals surface area contributed by atoms with Gasteiger partial charge in [-0.05, 0) is 131 Å². The third kappa shape index (κ3) is 7.71. The smallest absolute Gasteiger partial charge is 0.159 e. The molecule has 4 heteroatoms. The molecule has 0 saturated heterocycles. The SMILES string of the molecule is Cc1ccc(N(c2ccc3c(c2)C(c2ccccc2)(c2ccccc2)c2cc(N(c4ccc(C)cc4C)c4cccc5c4oc4c(C(C)(C)C)cccc45)c4ccccc4c2-3)c2cccc3c2oc2c(C(C)(C)C)cccc23)c(C)c1. The maximum atomic E-state index is 7.30. The van der Waals surface area contributed by atoms with Crippen LogP contribution in [-0.2, 0) is 16.2 Å². The minimum Gasteiger partial charge on any atom is -0.454 e. The van der Waals surface area contributed by atoms with Gasteiger partial charge in [0, 0.05) is 55.1 Å². The largest absolute Gasteiger partial charge is 0.454 e. The van der Waals surface area contributed by atoms with Crippen molar-refractivity contribution in [1.29, 1.82) is 0 Å². The highest BCUT2D eigenvalue weighted by molar-refractivity contribution is 6.16. The lowest BCUT2D eigenvalue weighted by Gasteiger charge is -2.36. The summed E-state index contributed by atoms with van der Waals surface area (Å²) < 4.78 is 14.5. The van der Waals surface area contributed by atoms with Crippen molar-refractivity contribution in [3.8, 4) is 11.1 Å². The lowest BCUT2D eigenvalue weighted by atomic mass is 9.67. The van der Waals surface area contributed by atoms with Gasteiger partial charge in [-0.15, -0.1) is 0 Å². The number of aryl methyl sites for hydroxylation is 4. The first-order valence-corrected chi connectivity index (χ1v) is 28.6. The molecule has 0 atom stereocenters. The highest BCUT2D eigenvalue weighted by Gasteiger charge is 2.48. The third-order valence-corrected chi connectivity index (χ3v) is 17.3. The molecular formula is C77H66N2O2. The van der Waals surface area contributed by atoms with Crippen molar-refractivity contribution >= 4 is 88.8 Å². The van der Waals surface area contributed by atoms with E-state index in [1.54, 1.807) is 0 Å². The average molecular weight is 1050 g/mol. The molecule has 0 unspecified atom stereocenters. The summed E-state index contributed by atoms with van der Waals surface area (Å²) in [4.78, 5) is 4.94. The maximum Gasteiger partial charge on any atom is 0.159 e. The lowest BCUT2D eigenvalue weighted by Crippen LogP contribution is -2.29. The van der Waals surface area contributed by atoms with E-state index in [2.05, 4.69) is 297 Å². The molecule has 2 aromatic heterocycles. The zero-order chi connectivity index (χ0) is 55.7. The van der Waals surface area contributed by atoms with Gasteiger partial charge in [0.05, 0.1) is 22.5 Å². The van der Waals surface area contributed by atoms with E-state index in [9.17, 15) is 0 Å². The zero-order valence-electron chi connectivity index (χ0n) is 48.0. The molecule has 0 radical (unpaired) electrons. The molecule has 0 amide bonds. The van der Waals surface area contributed by atoms with Crippen molar-refractivity contribution in [2.24, 2.45) is 0 Å². The van der Waals surface area contributed by atoms with E-state index < -0.39 is 5.41 Å². The van der Waals surface area contributed by atoms with Gasteiger partial charge in [-0.3, -0.25) is 0 Å². The average Bonchev–Trinajstić information content (AvgIpc) is 2.20. The molecule has 0 saturated carbocycles. The van der Waals surface area contributed by atoms with E-state index in [4.69, 9.17) is 8.83 Å². The molecule has 81 heavy (non-hydrogen) atoms. The molecule has 11 aromatic carbocycles. The topological polar surface area (TPSA) is 32.8 Å². The summed E-state index contributed by atoms with van der Waals surface area (Å²) in [5, 5.41) is 6.77. The fourth-order valence-corrected chi connectivity index (χ4v) is 13.7. The van der Waals surface area contributed by atoms with Crippen molar-refractivity contribution < 1.29 is 8.83 Å². The van der Waals surface area contributed by atoms with E-state index >= 15 is 0 Å². The van der Waals surface area contributed by atoms with Crippen molar-refractivity contribution in [3.05, 3.63) is 274 Å². The molecule has 396 valence electrons. The summed E-state index contributed by atoms with van der Waals surface area (Å²) in [7, 11) is 0. The fourth-order valence-electron chi connectivity index (χ4n) is 13.7. The van der Waals surface area contributed by atoms with Crippen molar-refractivity contribution in [2.45, 2.75) is 85.5 Å². The second-order valence-electron chi connectivity index (χ2n) is 24.7. The first-order valence-electron chi connectivity index (χ1n) is 28.6. The minimum atomic E-state index is -0.788. The summed E-state index contributed by atoms with van der Waals surface area (Å²) in [6.07, 6.45) is 0. The van der Waals surface area contributed by atoms with Crippen LogP contribution in [0.15, 0.2) is 227 Å². The number of anilines is 6. The first kappa shape index (κ1) is 50.1. The Labute approximate surface area is 475 Å². The molecule has 13 aromatic rings. The van der Waals surface area contributed by atoms with Crippen LogP contribution >= 0.6 is 0 Å². The molecule has 14 rings (SSSR count). The number of furan rings is 2. The van der Waals surface area contributed by atoms with Crippen LogP contribution in [0.1, 0.15) is 97.2 Å². The highest BCUT2D eigenvalue weighted by Crippen LogP contribution is 2.61. The predicted octanol–water partition coefficient (Wildman–Crippen LogP) is 21.8. The summed E-state index contributed by atoms with van der Waals surface area (Å²) in [5.41, 5.74) is 23.2. The van der Waals surface area contributed by atoms with Gasteiger partial charge in [0.1, 0.15) is 11.2 Å². The lowest BCUT2D eigenvalue weighted by molar-refractivity contribution is 0.572. The van der Waals surface area contributed by atoms with Gasteiger partial charge in [-0.2, -0.15) is 0 Å². The number of hydrogen-bond acceptors (Lipinski definition) is 4. The Kier molecular flexibility index (Phi) is 11.4. The summed E-state index contributed by atoms with van der Waals surface area (Å²) >= 11 is 0. The molecular weight excluding hydrogens is 985 g/mol. The molecule has 0 bridgehead atoms.